The van der Waals surface area contributed by atoms with Crippen molar-refractivity contribution in [3.63, 3.8) is 0 Å². The first-order valence-corrected chi connectivity index (χ1v) is 11.7. The highest BCUT2D eigenvalue weighted by molar-refractivity contribution is 5.93. The topological polar surface area (TPSA) is 85.4 Å². The minimum atomic E-state index is -0.835. The van der Waals surface area contributed by atoms with Gasteiger partial charge < -0.3 is 14.2 Å². The molecule has 0 spiro atoms. The van der Waals surface area contributed by atoms with Crippen LogP contribution in [0.15, 0.2) is 43.0 Å². The molecule has 8 nitrogen and oxygen atoms in total. The van der Waals surface area contributed by atoms with Crippen LogP contribution in [0.25, 0.3) is 0 Å². The van der Waals surface area contributed by atoms with Crippen molar-refractivity contribution in [2.45, 2.75) is 84.2 Å². The highest BCUT2D eigenvalue weighted by Crippen LogP contribution is 2.32. The fourth-order valence-electron chi connectivity index (χ4n) is 3.99. The molecule has 1 aromatic carbocycles. The molecular weight excluding hydrogens is 436 g/mol. The van der Waals surface area contributed by atoms with Crippen molar-refractivity contribution in [1.82, 2.24) is 9.80 Å². The Balaban J connectivity index is 0.00000129. The van der Waals surface area contributed by atoms with Crippen LogP contribution >= 0.6 is 0 Å². The number of hydrogen-bond donors (Lipinski definition) is 0. The molecule has 8 heteroatoms. The number of carbonyl (C=O) groups is 3. The van der Waals surface area contributed by atoms with Crippen molar-refractivity contribution < 1.29 is 28.6 Å². The molecule has 2 saturated heterocycles. The molecule has 2 aliphatic heterocycles. The van der Waals surface area contributed by atoms with Gasteiger partial charge in [0.25, 0.3) is 0 Å². The van der Waals surface area contributed by atoms with E-state index in [1.807, 2.05) is 37.3 Å². The molecule has 34 heavy (non-hydrogen) atoms. The van der Waals surface area contributed by atoms with Crippen LogP contribution in [0, 0.1) is 0 Å². The van der Waals surface area contributed by atoms with Crippen molar-refractivity contribution in [2.75, 3.05) is 13.2 Å². The van der Waals surface area contributed by atoms with Crippen molar-refractivity contribution >= 4 is 18.1 Å². The highest BCUT2D eigenvalue weighted by Gasteiger charge is 2.46. The van der Waals surface area contributed by atoms with Crippen molar-refractivity contribution in [3.05, 3.63) is 48.6 Å². The molecule has 0 saturated carbocycles. The zero-order valence-electron chi connectivity index (χ0n) is 21.2. The second kappa shape index (κ2) is 11.5. The third kappa shape index (κ3) is 7.32. The number of benzene rings is 1. The van der Waals surface area contributed by atoms with Crippen molar-refractivity contribution in [1.29, 1.82) is 0 Å². The maximum Gasteiger partial charge on any atom is 0.416 e. The van der Waals surface area contributed by atoms with Crippen molar-refractivity contribution in [3.8, 4) is 0 Å². The number of allylic oxidation sites excluding steroid dienone is 1. The second-order valence-electron chi connectivity index (χ2n) is 9.89. The molecule has 3 amide bonds. The van der Waals surface area contributed by atoms with Crippen molar-refractivity contribution in [2.24, 2.45) is 0 Å². The Labute approximate surface area is 202 Å². The summed E-state index contributed by atoms with van der Waals surface area (Å²) in [4.78, 5) is 40.7. The van der Waals surface area contributed by atoms with Gasteiger partial charge in [0.2, 0.25) is 5.91 Å². The molecule has 0 aliphatic carbocycles. The summed E-state index contributed by atoms with van der Waals surface area (Å²) < 4.78 is 16.5. The Morgan fingerprint density at radius 3 is 2.38 bits per heavy atom. The van der Waals surface area contributed by atoms with Crippen LogP contribution < -0.4 is 0 Å². The number of ether oxygens (including phenoxy) is 3. The lowest BCUT2D eigenvalue weighted by molar-refractivity contribution is -0.129. The van der Waals surface area contributed by atoms with Gasteiger partial charge in [0.15, 0.2) is 0 Å². The van der Waals surface area contributed by atoms with E-state index >= 15 is 0 Å². The smallest absolute Gasteiger partial charge is 0.416 e. The van der Waals surface area contributed by atoms with Gasteiger partial charge in [-0.2, -0.15) is 0 Å². The van der Waals surface area contributed by atoms with Crippen LogP contribution in [0.1, 0.15) is 59.9 Å². The average molecular weight is 475 g/mol. The standard InChI is InChI=1S/C23H32N2O6.C3H6/c1-22(2,3)31-21(28)25-17(15-30-23(25,4)5)11-12-19(26)24-18(14-29-20(24)27)13-16-9-7-6-8-10-16;1-3-2/h6-10,17-18H,11-15H2,1-5H3;3H,1H2,2H3/t17-,18+;/m0./s1. The molecule has 0 unspecified atom stereocenters. The van der Waals surface area contributed by atoms with Gasteiger partial charge in [0.1, 0.15) is 17.9 Å². The summed E-state index contributed by atoms with van der Waals surface area (Å²) in [5, 5.41) is 0. The number of rotatable bonds is 5. The summed E-state index contributed by atoms with van der Waals surface area (Å²) in [5.41, 5.74) is -0.441. The second-order valence-corrected chi connectivity index (χ2v) is 9.89. The van der Waals surface area contributed by atoms with Gasteiger partial charge in [-0.3, -0.25) is 9.69 Å². The van der Waals surface area contributed by atoms with E-state index in [2.05, 4.69) is 6.58 Å². The zero-order valence-corrected chi connectivity index (χ0v) is 21.2. The third-order valence-electron chi connectivity index (χ3n) is 5.40. The highest BCUT2D eigenvalue weighted by atomic mass is 16.6. The van der Waals surface area contributed by atoms with E-state index in [1.165, 1.54) is 4.90 Å². The van der Waals surface area contributed by atoms with Crippen LogP contribution in [0.3, 0.4) is 0 Å². The van der Waals surface area contributed by atoms with Gasteiger partial charge in [-0.15, -0.1) is 6.58 Å². The summed E-state index contributed by atoms with van der Waals surface area (Å²) in [7, 11) is 0. The first kappa shape index (κ1) is 27.4. The Kier molecular flexibility index (Phi) is 9.27. The molecule has 0 aromatic heterocycles. The maximum atomic E-state index is 12.9. The molecule has 2 atom stereocenters. The van der Waals surface area contributed by atoms with Gasteiger partial charge in [0.05, 0.1) is 18.7 Å². The fourth-order valence-corrected chi connectivity index (χ4v) is 3.99. The van der Waals surface area contributed by atoms with Gasteiger partial charge in [-0.25, -0.2) is 14.5 Å². The number of hydrogen-bond acceptors (Lipinski definition) is 6. The zero-order chi connectivity index (χ0) is 25.5. The number of carbonyl (C=O) groups excluding carboxylic acids is 3. The lowest BCUT2D eigenvalue weighted by Crippen LogP contribution is -2.50. The molecule has 0 radical (unpaired) electrons. The minimum Gasteiger partial charge on any atom is -0.447 e. The fraction of sp³-hybridized carbons (Fsp3) is 0.577. The summed E-state index contributed by atoms with van der Waals surface area (Å²) in [6.45, 7) is 14.7. The molecular formula is C26H38N2O6. The normalized spacial score (nSPS) is 21.4. The van der Waals surface area contributed by atoms with Gasteiger partial charge in [-0.05, 0) is 59.9 Å². The number of amides is 3. The van der Waals surface area contributed by atoms with Crippen LogP contribution in [-0.2, 0) is 25.4 Å². The number of cyclic esters (lactones) is 1. The summed E-state index contributed by atoms with van der Waals surface area (Å²) in [6, 6.07) is 9.04. The largest absolute Gasteiger partial charge is 0.447 e. The Morgan fingerprint density at radius 2 is 1.79 bits per heavy atom. The minimum absolute atomic E-state index is 0.101. The predicted molar refractivity (Wildman–Crippen MR) is 129 cm³/mol. The SMILES string of the molecule is C=CC.CC(C)(C)OC(=O)N1[C@@H](CCC(=O)N2C(=O)OC[C@H]2Cc2ccccc2)COC1(C)C. The van der Waals surface area contributed by atoms with E-state index in [0.717, 1.165) is 5.56 Å². The molecule has 188 valence electrons. The molecule has 3 rings (SSSR count). The summed E-state index contributed by atoms with van der Waals surface area (Å²) in [5.74, 6) is -0.308. The van der Waals surface area contributed by atoms with Crippen LogP contribution in [0.4, 0.5) is 9.59 Å². The molecule has 2 heterocycles. The molecule has 0 N–H and O–H groups in total. The summed E-state index contributed by atoms with van der Waals surface area (Å²) in [6.07, 6.45) is 1.67. The quantitative estimate of drug-likeness (QED) is 0.563. The maximum absolute atomic E-state index is 12.9. The summed E-state index contributed by atoms with van der Waals surface area (Å²) >= 11 is 0. The Morgan fingerprint density at radius 1 is 1.18 bits per heavy atom. The molecule has 2 fully saturated rings. The van der Waals surface area contributed by atoms with Crippen LogP contribution in [-0.4, -0.2) is 64.5 Å². The average Bonchev–Trinajstić information content (AvgIpc) is 3.24. The van der Waals surface area contributed by atoms with E-state index in [9.17, 15) is 14.4 Å². The van der Waals surface area contributed by atoms with E-state index in [1.54, 1.807) is 45.6 Å². The lowest BCUT2D eigenvalue weighted by atomic mass is 10.0. The van der Waals surface area contributed by atoms with Crippen LogP contribution in [0.5, 0.6) is 0 Å². The number of imide groups is 1. The van der Waals surface area contributed by atoms with E-state index in [0.29, 0.717) is 19.4 Å². The Bertz CT molecular complexity index is 862. The van der Waals surface area contributed by atoms with E-state index in [-0.39, 0.29) is 31.0 Å². The first-order chi connectivity index (χ1) is 15.9. The van der Waals surface area contributed by atoms with Gasteiger partial charge >= 0.3 is 12.2 Å². The predicted octanol–water partition coefficient (Wildman–Crippen LogP) is 4.92. The number of nitrogens with zero attached hydrogens (tertiary/aromatic N) is 2. The monoisotopic (exact) mass is 474 g/mol. The van der Waals surface area contributed by atoms with E-state index < -0.39 is 23.5 Å². The molecule has 2 aliphatic rings. The third-order valence-corrected chi connectivity index (χ3v) is 5.40. The van der Waals surface area contributed by atoms with Gasteiger partial charge in [0, 0.05) is 6.42 Å². The first-order valence-electron chi connectivity index (χ1n) is 11.7. The molecule has 1 aromatic rings. The Hall–Kier alpha value is -2.87. The van der Waals surface area contributed by atoms with E-state index in [4.69, 9.17) is 14.2 Å². The van der Waals surface area contributed by atoms with Gasteiger partial charge in [-0.1, -0.05) is 36.4 Å². The molecule has 0 bridgehead atoms. The van der Waals surface area contributed by atoms with Crippen LogP contribution in [0.2, 0.25) is 0 Å². The lowest BCUT2D eigenvalue weighted by Gasteiger charge is -2.35.